The van der Waals surface area contributed by atoms with E-state index in [2.05, 4.69) is 9.97 Å². The largest absolute Gasteiger partial charge is 0.481 e. The van der Waals surface area contributed by atoms with E-state index in [1.54, 1.807) is 12.4 Å². The first-order valence-electron chi connectivity index (χ1n) is 6.94. The van der Waals surface area contributed by atoms with Gasteiger partial charge in [0.15, 0.2) is 0 Å². The standard InChI is InChI=1S/C14H21N3O3/c1-3-5-14(13(19)20)9-17(6-4-11(14)18)12-8-15-7-10(2)16-12/h7-8,11,18H,3-6,9H2,1-2H3,(H,19,20)/t11-,14+/m0/s1. The number of rotatable bonds is 4. The van der Waals surface area contributed by atoms with Gasteiger partial charge >= 0.3 is 5.97 Å². The minimum absolute atomic E-state index is 0.273. The summed E-state index contributed by atoms with van der Waals surface area (Å²) in [5.74, 6) is -0.254. The molecule has 1 aliphatic rings. The predicted octanol–water partition coefficient (Wildman–Crippen LogP) is 1.23. The van der Waals surface area contributed by atoms with Gasteiger partial charge in [-0.15, -0.1) is 0 Å². The number of carboxylic acids is 1. The average Bonchev–Trinajstić information content (AvgIpc) is 2.41. The number of anilines is 1. The van der Waals surface area contributed by atoms with Gasteiger partial charge in [-0.05, 0) is 19.8 Å². The molecule has 1 aromatic heterocycles. The van der Waals surface area contributed by atoms with Gasteiger partial charge < -0.3 is 15.1 Å². The third kappa shape index (κ3) is 2.60. The van der Waals surface area contributed by atoms with Gasteiger partial charge in [0.2, 0.25) is 0 Å². The number of aliphatic carboxylic acids is 1. The number of aliphatic hydroxyl groups excluding tert-OH is 1. The van der Waals surface area contributed by atoms with Crippen molar-refractivity contribution in [2.75, 3.05) is 18.0 Å². The highest BCUT2D eigenvalue weighted by molar-refractivity contribution is 5.77. The van der Waals surface area contributed by atoms with Gasteiger partial charge in [-0.2, -0.15) is 0 Å². The molecule has 0 aliphatic carbocycles. The Hall–Kier alpha value is -1.69. The van der Waals surface area contributed by atoms with Gasteiger partial charge in [0.1, 0.15) is 11.2 Å². The van der Waals surface area contributed by atoms with E-state index < -0.39 is 17.5 Å². The Balaban J connectivity index is 2.29. The molecule has 20 heavy (non-hydrogen) atoms. The van der Waals surface area contributed by atoms with Crippen LogP contribution in [0, 0.1) is 12.3 Å². The van der Waals surface area contributed by atoms with Crippen LogP contribution in [0.15, 0.2) is 12.4 Å². The molecule has 1 saturated heterocycles. The fourth-order valence-electron chi connectivity index (χ4n) is 2.89. The molecule has 2 heterocycles. The van der Waals surface area contributed by atoms with E-state index >= 15 is 0 Å². The van der Waals surface area contributed by atoms with E-state index in [1.165, 1.54) is 0 Å². The van der Waals surface area contributed by atoms with Crippen LogP contribution in [0.1, 0.15) is 31.9 Å². The summed E-state index contributed by atoms with van der Waals surface area (Å²) in [6.07, 6.45) is 4.11. The molecular formula is C14H21N3O3. The number of nitrogens with zero attached hydrogens (tertiary/aromatic N) is 3. The molecule has 0 radical (unpaired) electrons. The molecule has 0 bridgehead atoms. The van der Waals surface area contributed by atoms with Gasteiger partial charge in [0.05, 0.1) is 18.0 Å². The van der Waals surface area contributed by atoms with E-state index in [0.29, 0.717) is 25.2 Å². The normalized spacial score (nSPS) is 26.6. The van der Waals surface area contributed by atoms with Crippen molar-refractivity contribution in [3.05, 3.63) is 18.1 Å². The highest BCUT2D eigenvalue weighted by atomic mass is 16.4. The third-order valence-corrected chi connectivity index (χ3v) is 3.97. The Bertz CT molecular complexity index is 494. The second-order valence-electron chi connectivity index (χ2n) is 5.46. The number of hydrogen-bond donors (Lipinski definition) is 2. The number of aryl methyl sites for hydroxylation is 1. The molecule has 0 saturated carbocycles. The maximum Gasteiger partial charge on any atom is 0.314 e. The van der Waals surface area contributed by atoms with Crippen LogP contribution in [0.3, 0.4) is 0 Å². The summed E-state index contributed by atoms with van der Waals surface area (Å²) in [5.41, 5.74) is -0.316. The SMILES string of the molecule is CCC[C@@]1(C(=O)O)CN(c2cncc(C)n2)CC[C@@H]1O. The van der Waals surface area contributed by atoms with Gasteiger partial charge in [-0.1, -0.05) is 13.3 Å². The smallest absolute Gasteiger partial charge is 0.314 e. The van der Waals surface area contributed by atoms with Crippen LogP contribution in [0.5, 0.6) is 0 Å². The predicted molar refractivity (Wildman–Crippen MR) is 74.6 cm³/mol. The lowest BCUT2D eigenvalue weighted by Crippen LogP contribution is -2.56. The van der Waals surface area contributed by atoms with Gasteiger partial charge in [-0.3, -0.25) is 9.78 Å². The molecule has 0 amide bonds. The van der Waals surface area contributed by atoms with Gasteiger partial charge in [0.25, 0.3) is 0 Å². The van der Waals surface area contributed by atoms with Crippen LogP contribution in [0.25, 0.3) is 0 Å². The quantitative estimate of drug-likeness (QED) is 0.862. The van der Waals surface area contributed by atoms with E-state index in [-0.39, 0.29) is 6.54 Å². The number of carbonyl (C=O) groups is 1. The van der Waals surface area contributed by atoms with Crippen LogP contribution >= 0.6 is 0 Å². The van der Waals surface area contributed by atoms with Crippen molar-refractivity contribution < 1.29 is 15.0 Å². The Labute approximate surface area is 118 Å². The van der Waals surface area contributed by atoms with E-state index in [1.807, 2.05) is 18.7 Å². The summed E-state index contributed by atoms with van der Waals surface area (Å²) in [4.78, 5) is 22.1. The molecule has 1 aliphatic heterocycles. The zero-order valence-electron chi connectivity index (χ0n) is 11.9. The van der Waals surface area contributed by atoms with Crippen molar-refractivity contribution in [2.24, 2.45) is 5.41 Å². The monoisotopic (exact) mass is 279 g/mol. The summed E-state index contributed by atoms with van der Waals surface area (Å²) in [5, 5.41) is 19.8. The number of hydrogen-bond acceptors (Lipinski definition) is 5. The van der Waals surface area contributed by atoms with Gasteiger partial charge in [-0.25, -0.2) is 4.98 Å². The number of carboxylic acid groups (broad SMARTS) is 1. The van der Waals surface area contributed by atoms with Crippen LogP contribution in [-0.2, 0) is 4.79 Å². The topological polar surface area (TPSA) is 86.5 Å². The minimum Gasteiger partial charge on any atom is -0.481 e. The van der Waals surface area contributed by atoms with Crippen molar-refractivity contribution in [1.29, 1.82) is 0 Å². The molecule has 6 nitrogen and oxygen atoms in total. The molecule has 110 valence electrons. The van der Waals surface area contributed by atoms with Crippen LogP contribution in [-0.4, -0.2) is 45.3 Å². The van der Waals surface area contributed by atoms with E-state index in [0.717, 1.165) is 12.1 Å². The molecule has 1 aromatic rings. The summed E-state index contributed by atoms with van der Waals surface area (Å²) >= 11 is 0. The maximum absolute atomic E-state index is 11.7. The summed E-state index contributed by atoms with van der Waals surface area (Å²) in [6.45, 7) is 4.65. The second kappa shape index (κ2) is 5.75. The van der Waals surface area contributed by atoms with E-state index in [4.69, 9.17) is 0 Å². The highest BCUT2D eigenvalue weighted by Crippen LogP contribution is 2.36. The molecule has 1 fully saturated rings. The highest BCUT2D eigenvalue weighted by Gasteiger charge is 2.48. The lowest BCUT2D eigenvalue weighted by molar-refractivity contribution is -0.158. The summed E-state index contributed by atoms with van der Waals surface area (Å²) < 4.78 is 0. The second-order valence-corrected chi connectivity index (χ2v) is 5.46. The molecule has 0 aromatic carbocycles. The molecule has 6 heteroatoms. The van der Waals surface area contributed by atoms with Crippen molar-refractivity contribution in [3.63, 3.8) is 0 Å². The maximum atomic E-state index is 11.7. The molecule has 2 rings (SSSR count). The average molecular weight is 279 g/mol. The van der Waals surface area contributed by atoms with Crippen molar-refractivity contribution in [1.82, 2.24) is 9.97 Å². The van der Waals surface area contributed by atoms with Crippen molar-refractivity contribution in [2.45, 2.75) is 39.2 Å². The fraction of sp³-hybridized carbons (Fsp3) is 0.643. The number of aromatic nitrogens is 2. The Kier molecular flexibility index (Phi) is 4.23. The number of piperidine rings is 1. The van der Waals surface area contributed by atoms with Crippen LogP contribution in [0.2, 0.25) is 0 Å². The first-order valence-corrected chi connectivity index (χ1v) is 6.94. The van der Waals surface area contributed by atoms with E-state index in [9.17, 15) is 15.0 Å². The third-order valence-electron chi connectivity index (χ3n) is 3.97. The molecule has 2 N–H and O–H groups in total. The fourth-order valence-corrected chi connectivity index (χ4v) is 2.89. The lowest BCUT2D eigenvalue weighted by atomic mass is 9.74. The lowest BCUT2D eigenvalue weighted by Gasteiger charge is -2.43. The Morgan fingerprint density at radius 3 is 2.90 bits per heavy atom. The zero-order chi connectivity index (χ0) is 14.8. The first kappa shape index (κ1) is 14.7. The number of aliphatic hydroxyl groups is 1. The Morgan fingerprint density at radius 2 is 2.30 bits per heavy atom. The molecule has 2 atom stereocenters. The molecule has 0 unspecified atom stereocenters. The summed E-state index contributed by atoms with van der Waals surface area (Å²) in [6, 6.07) is 0. The van der Waals surface area contributed by atoms with Crippen LogP contribution in [0.4, 0.5) is 5.82 Å². The Morgan fingerprint density at radius 1 is 1.55 bits per heavy atom. The minimum atomic E-state index is -1.11. The van der Waals surface area contributed by atoms with Crippen molar-refractivity contribution >= 4 is 11.8 Å². The molecule has 0 spiro atoms. The van der Waals surface area contributed by atoms with Crippen molar-refractivity contribution in [3.8, 4) is 0 Å². The van der Waals surface area contributed by atoms with Crippen LogP contribution < -0.4 is 4.90 Å². The zero-order valence-corrected chi connectivity index (χ0v) is 11.9. The first-order chi connectivity index (χ1) is 9.49. The summed E-state index contributed by atoms with van der Waals surface area (Å²) in [7, 11) is 0. The molecular weight excluding hydrogens is 258 g/mol. The van der Waals surface area contributed by atoms with Gasteiger partial charge in [0, 0.05) is 19.3 Å².